The van der Waals surface area contributed by atoms with Crippen molar-refractivity contribution in [3.05, 3.63) is 46.7 Å². The average Bonchev–Trinajstić information content (AvgIpc) is 2.78. The van der Waals surface area contributed by atoms with E-state index >= 15 is 0 Å². The topological polar surface area (TPSA) is 64.0 Å². The van der Waals surface area contributed by atoms with Gasteiger partial charge in [0.1, 0.15) is 4.90 Å². The Morgan fingerprint density at radius 1 is 1.42 bits per heavy atom. The third-order valence-corrected chi connectivity index (χ3v) is 4.46. The molecule has 2 rings (SSSR count). The Labute approximate surface area is 117 Å². The van der Waals surface area contributed by atoms with Gasteiger partial charge in [0.15, 0.2) is 0 Å². The SMILES string of the molecule is Cc1cc(CNS(=O)(=O)c2cnn(C)c2)ccc1Cl. The second-order valence-electron chi connectivity index (χ2n) is 4.26. The molecule has 102 valence electrons. The van der Waals surface area contributed by atoms with E-state index in [9.17, 15) is 8.42 Å². The van der Waals surface area contributed by atoms with Crippen molar-refractivity contribution < 1.29 is 8.42 Å². The first-order chi connectivity index (χ1) is 8.88. The minimum atomic E-state index is -3.53. The Hall–Kier alpha value is -1.37. The summed E-state index contributed by atoms with van der Waals surface area (Å²) < 4.78 is 27.9. The second kappa shape index (κ2) is 5.32. The first-order valence-electron chi connectivity index (χ1n) is 5.62. The molecule has 0 saturated heterocycles. The molecule has 1 aromatic carbocycles. The summed E-state index contributed by atoms with van der Waals surface area (Å²) in [5.41, 5.74) is 1.77. The van der Waals surface area contributed by atoms with Crippen LogP contribution in [0.4, 0.5) is 0 Å². The third kappa shape index (κ3) is 3.34. The number of aryl methyl sites for hydroxylation is 2. The number of sulfonamides is 1. The molecule has 1 N–H and O–H groups in total. The van der Waals surface area contributed by atoms with E-state index in [1.807, 2.05) is 13.0 Å². The quantitative estimate of drug-likeness (QED) is 0.937. The standard InChI is InChI=1S/C12H14ClN3O2S/c1-9-5-10(3-4-12(9)13)6-15-19(17,18)11-7-14-16(2)8-11/h3-5,7-8,15H,6H2,1-2H3. The van der Waals surface area contributed by atoms with Crippen LogP contribution in [0.15, 0.2) is 35.5 Å². The zero-order chi connectivity index (χ0) is 14.0. The van der Waals surface area contributed by atoms with Crippen molar-refractivity contribution >= 4 is 21.6 Å². The number of hydrogen-bond acceptors (Lipinski definition) is 3. The number of benzene rings is 1. The second-order valence-corrected chi connectivity index (χ2v) is 6.43. The molecule has 0 aliphatic carbocycles. The summed E-state index contributed by atoms with van der Waals surface area (Å²) in [4.78, 5) is 0.153. The van der Waals surface area contributed by atoms with E-state index in [-0.39, 0.29) is 11.4 Å². The lowest BCUT2D eigenvalue weighted by atomic mass is 10.1. The van der Waals surface area contributed by atoms with Gasteiger partial charge in [-0.05, 0) is 24.1 Å². The molecule has 5 nitrogen and oxygen atoms in total. The van der Waals surface area contributed by atoms with Gasteiger partial charge in [0, 0.05) is 24.8 Å². The largest absolute Gasteiger partial charge is 0.274 e. The van der Waals surface area contributed by atoms with Crippen LogP contribution >= 0.6 is 11.6 Å². The molecule has 0 amide bonds. The van der Waals surface area contributed by atoms with Gasteiger partial charge in [-0.2, -0.15) is 5.10 Å². The maximum absolute atomic E-state index is 12.0. The molecule has 0 unspecified atom stereocenters. The van der Waals surface area contributed by atoms with Gasteiger partial charge in [0.05, 0.1) is 6.20 Å². The first-order valence-corrected chi connectivity index (χ1v) is 7.48. The molecule has 0 aliphatic heterocycles. The van der Waals surface area contributed by atoms with Gasteiger partial charge in [0.25, 0.3) is 0 Å². The minimum Gasteiger partial charge on any atom is -0.274 e. The molecule has 0 fully saturated rings. The fourth-order valence-electron chi connectivity index (χ4n) is 1.62. The summed E-state index contributed by atoms with van der Waals surface area (Å²) in [5, 5.41) is 4.51. The van der Waals surface area contributed by atoms with E-state index in [2.05, 4.69) is 9.82 Å². The normalized spacial score (nSPS) is 11.7. The van der Waals surface area contributed by atoms with Crippen LogP contribution in [0.5, 0.6) is 0 Å². The number of nitrogens with one attached hydrogen (secondary N) is 1. The van der Waals surface area contributed by atoms with E-state index in [4.69, 9.17) is 11.6 Å². The average molecular weight is 300 g/mol. The summed E-state index contributed by atoms with van der Waals surface area (Å²) in [7, 11) is -1.86. The first kappa shape index (κ1) is 14.0. The molecule has 0 aliphatic rings. The molecule has 0 radical (unpaired) electrons. The van der Waals surface area contributed by atoms with E-state index < -0.39 is 10.0 Å². The Morgan fingerprint density at radius 3 is 2.74 bits per heavy atom. The van der Waals surface area contributed by atoms with E-state index in [0.29, 0.717) is 5.02 Å². The van der Waals surface area contributed by atoms with E-state index in [1.165, 1.54) is 17.1 Å². The highest BCUT2D eigenvalue weighted by Gasteiger charge is 2.15. The zero-order valence-electron chi connectivity index (χ0n) is 10.6. The van der Waals surface area contributed by atoms with Crippen molar-refractivity contribution in [1.29, 1.82) is 0 Å². The van der Waals surface area contributed by atoms with Crippen LogP contribution < -0.4 is 4.72 Å². The van der Waals surface area contributed by atoms with Gasteiger partial charge in [-0.25, -0.2) is 13.1 Å². The molecular weight excluding hydrogens is 286 g/mol. The number of aromatic nitrogens is 2. The molecule has 1 heterocycles. The predicted molar refractivity (Wildman–Crippen MR) is 73.4 cm³/mol. The molecule has 2 aromatic rings. The smallest absolute Gasteiger partial charge is 0.243 e. The fourth-order valence-corrected chi connectivity index (χ4v) is 2.73. The predicted octanol–water partition coefficient (Wildman–Crippen LogP) is 1.86. The molecule has 0 atom stereocenters. The van der Waals surface area contributed by atoms with Crippen molar-refractivity contribution in [2.24, 2.45) is 7.05 Å². The lowest BCUT2D eigenvalue weighted by molar-refractivity contribution is 0.581. The van der Waals surface area contributed by atoms with Gasteiger partial charge in [-0.15, -0.1) is 0 Å². The fraction of sp³-hybridized carbons (Fsp3) is 0.250. The van der Waals surface area contributed by atoms with Crippen LogP contribution in [0, 0.1) is 6.92 Å². The van der Waals surface area contributed by atoms with E-state index in [0.717, 1.165) is 11.1 Å². The van der Waals surface area contributed by atoms with Crippen molar-refractivity contribution in [1.82, 2.24) is 14.5 Å². The highest BCUT2D eigenvalue weighted by molar-refractivity contribution is 7.89. The van der Waals surface area contributed by atoms with Crippen LogP contribution in [0.2, 0.25) is 5.02 Å². The molecule has 0 spiro atoms. The highest BCUT2D eigenvalue weighted by Crippen LogP contribution is 2.16. The molecule has 7 heteroatoms. The Kier molecular flexibility index (Phi) is 3.93. The maximum Gasteiger partial charge on any atom is 0.243 e. The van der Waals surface area contributed by atoms with Gasteiger partial charge in [0.2, 0.25) is 10.0 Å². The third-order valence-electron chi connectivity index (χ3n) is 2.68. The van der Waals surface area contributed by atoms with Crippen LogP contribution in [-0.2, 0) is 23.6 Å². The molecule has 19 heavy (non-hydrogen) atoms. The minimum absolute atomic E-state index is 0.153. The van der Waals surface area contributed by atoms with Crippen molar-refractivity contribution in [3.8, 4) is 0 Å². The summed E-state index contributed by atoms with van der Waals surface area (Å²) in [6.45, 7) is 2.09. The van der Waals surface area contributed by atoms with Crippen molar-refractivity contribution in [2.75, 3.05) is 0 Å². The van der Waals surface area contributed by atoms with Crippen LogP contribution in [0.3, 0.4) is 0 Å². The summed E-state index contributed by atoms with van der Waals surface area (Å²) in [6, 6.07) is 5.40. The van der Waals surface area contributed by atoms with Gasteiger partial charge >= 0.3 is 0 Å². The van der Waals surface area contributed by atoms with Crippen LogP contribution in [0.1, 0.15) is 11.1 Å². The van der Waals surface area contributed by atoms with E-state index in [1.54, 1.807) is 19.2 Å². The monoisotopic (exact) mass is 299 g/mol. The lowest BCUT2D eigenvalue weighted by Gasteiger charge is -2.06. The molecule has 0 bridgehead atoms. The van der Waals surface area contributed by atoms with Gasteiger partial charge in [-0.1, -0.05) is 23.7 Å². The van der Waals surface area contributed by atoms with Gasteiger partial charge < -0.3 is 0 Å². The van der Waals surface area contributed by atoms with Crippen molar-refractivity contribution in [2.45, 2.75) is 18.4 Å². The van der Waals surface area contributed by atoms with Gasteiger partial charge in [-0.3, -0.25) is 4.68 Å². The molecule has 1 aromatic heterocycles. The van der Waals surface area contributed by atoms with Crippen molar-refractivity contribution in [3.63, 3.8) is 0 Å². The number of hydrogen-bond donors (Lipinski definition) is 1. The summed E-state index contributed by atoms with van der Waals surface area (Å²) in [5.74, 6) is 0. The number of rotatable bonds is 4. The molecule has 0 saturated carbocycles. The van der Waals surface area contributed by atoms with Crippen LogP contribution in [-0.4, -0.2) is 18.2 Å². The lowest BCUT2D eigenvalue weighted by Crippen LogP contribution is -2.22. The number of halogens is 1. The highest BCUT2D eigenvalue weighted by atomic mass is 35.5. The number of nitrogens with zero attached hydrogens (tertiary/aromatic N) is 2. The van der Waals surface area contributed by atoms with Crippen LogP contribution in [0.25, 0.3) is 0 Å². The Balaban J connectivity index is 2.11. The Bertz CT molecular complexity index is 695. The summed E-state index contributed by atoms with van der Waals surface area (Å²) in [6.07, 6.45) is 2.77. The zero-order valence-corrected chi connectivity index (χ0v) is 12.2. The Morgan fingerprint density at radius 2 is 2.16 bits per heavy atom. The maximum atomic E-state index is 12.0. The summed E-state index contributed by atoms with van der Waals surface area (Å²) >= 11 is 5.92. The molecular formula is C12H14ClN3O2S.